The molecule has 0 saturated heterocycles. The van der Waals surface area contributed by atoms with Crippen LogP contribution in [-0.4, -0.2) is 17.4 Å². The molecule has 0 radical (unpaired) electrons. The third-order valence-electron chi connectivity index (χ3n) is 3.68. The number of carbonyl (C=O) groups excluding carboxylic acids is 1. The summed E-state index contributed by atoms with van der Waals surface area (Å²) in [7, 11) is 0. The van der Waals surface area contributed by atoms with Crippen LogP contribution in [0.15, 0.2) is 36.4 Å². The van der Waals surface area contributed by atoms with Crippen molar-refractivity contribution in [3.63, 3.8) is 0 Å². The molecule has 1 aliphatic heterocycles. The molecular weight excluding hydrogens is 279 g/mol. The van der Waals surface area contributed by atoms with Crippen molar-refractivity contribution in [2.75, 3.05) is 6.54 Å². The summed E-state index contributed by atoms with van der Waals surface area (Å²) < 4.78 is 39.9. The summed E-state index contributed by atoms with van der Waals surface area (Å²) in [6.45, 7) is 0.766. The van der Waals surface area contributed by atoms with Crippen LogP contribution in [0.25, 0.3) is 0 Å². The smallest absolute Gasteiger partial charge is 0.257 e. The van der Waals surface area contributed by atoms with Crippen LogP contribution in [-0.2, 0) is 13.0 Å². The molecule has 3 rings (SSSR count). The van der Waals surface area contributed by atoms with Crippen molar-refractivity contribution in [3.8, 4) is 0 Å². The average molecular weight is 291 g/mol. The van der Waals surface area contributed by atoms with Gasteiger partial charge >= 0.3 is 0 Å². The molecule has 0 bridgehead atoms. The molecule has 108 valence electrons. The summed E-state index contributed by atoms with van der Waals surface area (Å²) in [5.74, 6) is -4.97. The van der Waals surface area contributed by atoms with Crippen molar-refractivity contribution >= 4 is 5.91 Å². The van der Waals surface area contributed by atoms with Crippen LogP contribution in [0.1, 0.15) is 21.5 Å². The summed E-state index contributed by atoms with van der Waals surface area (Å²) in [5, 5.41) is 0. The Bertz CT molecular complexity index is 715. The van der Waals surface area contributed by atoms with E-state index >= 15 is 0 Å². The van der Waals surface area contributed by atoms with Crippen molar-refractivity contribution in [2.45, 2.75) is 13.0 Å². The highest BCUT2D eigenvalue weighted by atomic mass is 19.2. The fourth-order valence-electron chi connectivity index (χ4n) is 2.53. The topological polar surface area (TPSA) is 20.3 Å². The van der Waals surface area contributed by atoms with Gasteiger partial charge in [0.05, 0.1) is 5.56 Å². The Morgan fingerprint density at radius 1 is 0.952 bits per heavy atom. The molecule has 1 heterocycles. The zero-order valence-electron chi connectivity index (χ0n) is 11.1. The Kier molecular flexibility index (Phi) is 3.41. The predicted molar refractivity (Wildman–Crippen MR) is 71.2 cm³/mol. The maximum absolute atomic E-state index is 13.7. The SMILES string of the molecule is O=C(c1ccc(F)c(F)c1F)N1CCc2ccccc2C1. The molecule has 2 nitrogen and oxygen atoms in total. The number of benzene rings is 2. The number of carbonyl (C=O) groups is 1. The van der Waals surface area contributed by atoms with Gasteiger partial charge in [0.25, 0.3) is 5.91 Å². The summed E-state index contributed by atoms with van der Waals surface area (Å²) in [6, 6.07) is 9.42. The van der Waals surface area contributed by atoms with E-state index in [0.29, 0.717) is 19.5 Å². The number of hydrogen-bond acceptors (Lipinski definition) is 1. The first kappa shape index (κ1) is 13.7. The molecular formula is C16H12F3NO. The maximum Gasteiger partial charge on any atom is 0.257 e. The molecule has 1 aliphatic rings. The zero-order chi connectivity index (χ0) is 15.0. The van der Waals surface area contributed by atoms with Gasteiger partial charge in [0.1, 0.15) is 0 Å². The molecule has 1 amide bonds. The van der Waals surface area contributed by atoms with E-state index < -0.39 is 28.9 Å². The first-order valence-electron chi connectivity index (χ1n) is 6.57. The van der Waals surface area contributed by atoms with Gasteiger partial charge in [-0.1, -0.05) is 24.3 Å². The minimum absolute atomic E-state index is 0.341. The van der Waals surface area contributed by atoms with Crippen LogP contribution >= 0.6 is 0 Å². The van der Waals surface area contributed by atoms with Gasteiger partial charge in [-0.15, -0.1) is 0 Å². The molecule has 0 atom stereocenters. The number of amides is 1. The number of hydrogen-bond donors (Lipinski definition) is 0. The van der Waals surface area contributed by atoms with Gasteiger partial charge < -0.3 is 4.90 Å². The standard InChI is InChI=1S/C16H12F3NO/c17-13-6-5-12(14(18)15(13)19)16(21)20-8-7-10-3-1-2-4-11(10)9-20/h1-6H,7-9H2. The van der Waals surface area contributed by atoms with E-state index in [9.17, 15) is 18.0 Å². The van der Waals surface area contributed by atoms with E-state index in [2.05, 4.69) is 0 Å². The Hall–Kier alpha value is -2.30. The first-order chi connectivity index (χ1) is 10.1. The average Bonchev–Trinajstić information content (AvgIpc) is 2.52. The number of halogens is 3. The third kappa shape index (κ3) is 2.39. The molecule has 0 aromatic heterocycles. The lowest BCUT2D eigenvalue weighted by atomic mass is 9.99. The minimum Gasteiger partial charge on any atom is -0.334 e. The van der Waals surface area contributed by atoms with Crippen LogP contribution in [0.4, 0.5) is 13.2 Å². The molecule has 5 heteroatoms. The zero-order valence-corrected chi connectivity index (χ0v) is 11.1. The minimum atomic E-state index is -1.61. The normalized spacial score (nSPS) is 14.0. The van der Waals surface area contributed by atoms with E-state index in [1.165, 1.54) is 4.90 Å². The Balaban J connectivity index is 1.89. The summed E-state index contributed by atoms with van der Waals surface area (Å²) in [5.41, 5.74) is 1.70. The molecule has 0 N–H and O–H groups in total. The van der Waals surface area contributed by atoms with Gasteiger partial charge in [-0.2, -0.15) is 0 Å². The van der Waals surface area contributed by atoms with Crippen LogP contribution in [0.5, 0.6) is 0 Å². The second kappa shape index (κ2) is 5.24. The van der Waals surface area contributed by atoms with E-state index in [0.717, 1.165) is 23.3 Å². The number of rotatable bonds is 1. The largest absolute Gasteiger partial charge is 0.334 e. The summed E-state index contributed by atoms with van der Waals surface area (Å²) in [4.78, 5) is 13.7. The quantitative estimate of drug-likeness (QED) is 0.738. The fourth-order valence-corrected chi connectivity index (χ4v) is 2.53. The van der Waals surface area contributed by atoms with Crippen LogP contribution in [0.2, 0.25) is 0 Å². The molecule has 0 fully saturated rings. The predicted octanol–water partition coefficient (Wildman–Crippen LogP) is 3.30. The summed E-state index contributed by atoms with van der Waals surface area (Å²) in [6.07, 6.45) is 0.660. The highest BCUT2D eigenvalue weighted by Crippen LogP contribution is 2.22. The van der Waals surface area contributed by atoms with Crippen LogP contribution in [0, 0.1) is 17.5 Å². The Labute approximate surface area is 119 Å². The van der Waals surface area contributed by atoms with Gasteiger partial charge in [0.2, 0.25) is 0 Å². The van der Waals surface area contributed by atoms with Gasteiger partial charge in [-0.25, -0.2) is 13.2 Å². The highest BCUT2D eigenvalue weighted by Gasteiger charge is 2.25. The second-order valence-electron chi connectivity index (χ2n) is 4.97. The van der Waals surface area contributed by atoms with Gasteiger partial charge in [-0.3, -0.25) is 4.79 Å². The van der Waals surface area contributed by atoms with Crippen molar-refractivity contribution in [2.24, 2.45) is 0 Å². The van der Waals surface area contributed by atoms with E-state index in [1.54, 1.807) is 0 Å². The third-order valence-corrected chi connectivity index (χ3v) is 3.68. The van der Waals surface area contributed by atoms with E-state index in [-0.39, 0.29) is 0 Å². The van der Waals surface area contributed by atoms with E-state index in [1.807, 2.05) is 24.3 Å². The monoisotopic (exact) mass is 291 g/mol. The fraction of sp³-hybridized carbons (Fsp3) is 0.188. The lowest BCUT2D eigenvalue weighted by Crippen LogP contribution is -2.36. The summed E-state index contributed by atoms with van der Waals surface area (Å²) >= 11 is 0. The molecule has 0 saturated carbocycles. The van der Waals surface area contributed by atoms with E-state index in [4.69, 9.17) is 0 Å². The van der Waals surface area contributed by atoms with Crippen LogP contribution in [0.3, 0.4) is 0 Å². The molecule has 2 aromatic rings. The molecule has 0 spiro atoms. The van der Waals surface area contributed by atoms with Crippen molar-refractivity contribution in [3.05, 3.63) is 70.5 Å². The molecule has 0 unspecified atom stereocenters. The van der Waals surface area contributed by atoms with Crippen molar-refractivity contribution in [1.82, 2.24) is 4.90 Å². The number of fused-ring (bicyclic) bond motifs is 1. The molecule has 0 aliphatic carbocycles. The van der Waals surface area contributed by atoms with Crippen molar-refractivity contribution < 1.29 is 18.0 Å². The molecule has 2 aromatic carbocycles. The highest BCUT2D eigenvalue weighted by molar-refractivity contribution is 5.94. The lowest BCUT2D eigenvalue weighted by molar-refractivity contribution is 0.0728. The maximum atomic E-state index is 13.7. The Morgan fingerprint density at radius 2 is 1.67 bits per heavy atom. The van der Waals surface area contributed by atoms with Gasteiger partial charge in [0, 0.05) is 13.1 Å². The van der Waals surface area contributed by atoms with Crippen LogP contribution < -0.4 is 0 Å². The molecule has 21 heavy (non-hydrogen) atoms. The van der Waals surface area contributed by atoms with Gasteiger partial charge in [0.15, 0.2) is 17.5 Å². The first-order valence-corrected chi connectivity index (χ1v) is 6.57. The number of nitrogens with zero attached hydrogens (tertiary/aromatic N) is 1. The lowest BCUT2D eigenvalue weighted by Gasteiger charge is -2.29. The van der Waals surface area contributed by atoms with Crippen molar-refractivity contribution in [1.29, 1.82) is 0 Å². The second-order valence-corrected chi connectivity index (χ2v) is 4.97. The van der Waals surface area contributed by atoms with Gasteiger partial charge in [-0.05, 0) is 29.7 Å². The Morgan fingerprint density at radius 3 is 2.43 bits per heavy atom.